The van der Waals surface area contributed by atoms with Gasteiger partial charge in [0, 0.05) is 6.42 Å². The third-order valence-corrected chi connectivity index (χ3v) is 3.50. The van der Waals surface area contributed by atoms with Crippen molar-refractivity contribution in [1.82, 2.24) is 0 Å². The lowest BCUT2D eigenvalue weighted by Gasteiger charge is -2.37. The second-order valence-corrected chi connectivity index (χ2v) is 4.32. The number of carbonyl (C=O) groups excluding carboxylic acids is 1. The lowest BCUT2D eigenvalue weighted by Crippen LogP contribution is -2.42. The first-order valence-corrected chi connectivity index (χ1v) is 5.05. The monoisotopic (exact) mass is 167 g/mol. The minimum atomic E-state index is -0.135. The molecule has 0 aromatic heterocycles. The number of hydrogen-bond donors (Lipinski definition) is 1. The minimum absolute atomic E-state index is 0.135. The Morgan fingerprint density at radius 1 is 1.17 bits per heavy atom. The Labute approximate surface area is 73.5 Å². The third kappa shape index (κ3) is 1.40. The number of Topliss-reactive ketones (excluding diaryl/α,β-unsaturated/α-hetero) is 1. The van der Waals surface area contributed by atoms with Crippen LogP contribution in [0.15, 0.2) is 0 Å². The van der Waals surface area contributed by atoms with Crippen LogP contribution < -0.4 is 5.73 Å². The van der Waals surface area contributed by atoms with E-state index in [0.717, 1.165) is 18.8 Å². The molecule has 2 aliphatic carbocycles. The molecule has 0 radical (unpaired) electrons. The SMILES string of the molecule is N[C@H]1C[C@H]2CCCC[C@H]2CC1=O. The summed E-state index contributed by atoms with van der Waals surface area (Å²) in [5, 5.41) is 0. The van der Waals surface area contributed by atoms with Gasteiger partial charge in [0.15, 0.2) is 0 Å². The number of nitrogens with two attached hydrogens (primary N) is 1. The van der Waals surface area contributed by atoms with E-state index in [1.165, 1.54) is 25.7 Å². The van der Waals surface area contributed by atoms with Gasteiger partial charge < -0.3 is 5.73 Å². The van der Waals surface area contributed by atoms with Crippen molar-refractivity contribution in [1.29, 1.82) is 0 Å². The number of carbonyl (C=O) groups is 1. The van der Waals surface area contributed by atoms with Crippen LogP contribution in [0.5, 0.6) is 0 Å². The van der Waals surface area contributed by atoms with Crippen molar-refractivity contribution in [2.75, 3.05) is 0 Å². The van der Waals surface area contributed by atoms with E-state index >= 15 is 0 Å². The lowest BCUT2D eigenvalue weighted by molar-refractivity contribution is -0.124. The molecule has 0 spiro atoms. The zero-order chi connectivity index (χ0) is 8.55. The standard InChI is InChI=1S/C10H17NO/c11-9-5-7-3-1-2-4-8(7)6-10(9)12/h7-9H,1-6,11H2/t7-,8+,9+/m1/s1. The first-order chi connectivity index (χ1) is 5.77. The van der Waals surface area contributed by atoms with E-state index in [9.17, 15) is 4.79 Å². The summed E-state index contributed by atoms with van der Waals surface area (Å²) in [5.74, 6) is 1.76. The molecule has 68 valence electrons. The average Bonchev–Trinajstić information content (AvgIpc) is 2.07. The average molecular weight is 167 g/mol. The molecule has 2 N–H and O–H groups in total. The lowest BCUT2D eigenvalue weighted by atomic mass is 9.69. The van der Waals surface area contributed by atoms with Crippen LogP contribution in [0, 0.1) is 11.8 Å². The van der Waals surface area contributed by atoms with Gasteiger partial charge in [-0.2, -0.15) is 0 Å². The maximum atomic E-state index is 11.3. The highest BCUT2D eigenvalue weighted by Gasteiger charge is 2.35. The maximum Gasteiger partial charge on any atom is 0.149 e. The molecule has 0 aromatic carbocycles. The Hall–Kier alpha value is -0.370. The number of ketones is 1. The molecule has 0 aromatic rings. The fraction of sp³-hybridized carbons (Fsp3) is 0.900. The third-order valence-electron chi connectivity index (χ3n) is 3.50. The molecular formula is C10H17NO. The van der Waals surface area contributed by atoms with E-state index in [4.69, 9.17) is 5.73 Å². The van der Waals surface area contributed by atoms with Gasteiger partial charge in [-0.15, -0.1) is 0 Å². The molecule has 0 unspecified atom stereocenters. The van der Waals surface area contributed by atoms with Crippen LogP contribution in [0.4, 0.5) is 0 Å². The second-order valence-electron chi connectivity index (χ2n) is 4.32. The zero-order valence-corrected chi connectivity index (χ0v) is 7.46. The first-order valence-electron chi connectivity index (χ1n) is 5.05. The molecule has 2 nitrogen and oxygen atoms in total. The number of fused-ring (bicyclic) bond motifs is 1. The Kier molecular flexibility index (Phi) is 2.18. The summed E-state index contributed by atoms with van der Waals surface area (Å²) < 4.78 is 0. The summed E-state index contributed by atoms with van der Waals surface area (Å²) in [7, 11) is 0. The Bertz CT molecular complexity index is 190. The van der Waals surface area contributed by atoms with Crippen molar-refractivity contribution >= 4 is 5.78 Å². The molecule has 2 rings (SSSR count). The summed E-state index contributed by atoms with van der Waals surface area (Å²) in [4.78, 5) is 11.3. The van der Waals surface area contributed by atoms with Gasteiger partial charge in [0.05, 0.1) is 6.04 Å². The molecule has 0 amide bonds. The molecule has 2 fully saturated rings. The Balaban J connectivity index is 2.02. The minimum Gasteiger partial charge on any atom is -0.321 e. The van der Waals surface area contributed by atoms with Crippen LogP contribution in [-0.4, -0.2) is 11.8 Å². The Morgan fingerprint density at radius 3 is 2.58 bits per heavy atom. The predicted molar refractivity (Wildman–Crippen MR) is 47.7 cm³/mol. The largest absolute Gasteiger partial charge is 0.321 e. The van der Waals surface area contributed by atoms with E-state index in [1.54, 1.807) is 0 Å². The van der Waals surface area contributed by atoms with Gasteiger partial charge in [0.1, 0.15) is 5.78 Å². The van der Waals surface area contributed by atoms with Crippen LogP contribution in [0.3, 0.4) is 0 Å². The molecule has 3 atom stereocenters. The fourth-order valence-electron chi connectivity index (χ4n) is 2.73. The highest BCUT2D eigenvalue weighted by Crippen LogP contribution is 2.38. The van der Waals surface area contributed by atoms with Crippen LogP contribution in [0.1, 0.15) is 38.5 Å². The number of rotatable bonds is 0. The van der Waals surface area contributed by atoms with Crippen molar-refractivity contribution in [3.05, 3.63) is 0 Å². The van der Waals surface area contributed by atoms with Crippen molar-refractivity contribution < 1.29 is 4.79 Å². The molecule has 0 heterocycles. The summed E-state index contributed by atoms with van der Waals surface area (Å²) in [5.41, 5.74) is 5.74. The number of hydrogen-bond acceptors (Lipinski definition) is 2. The van der Waals surface area contributed by atoms with Crippen LogP contribution >= 0.6 is 0 Å². The second kappa shape index (κ2) is 3.17. The van der Waals surface area contributed by atoms with Gasteiger partial charge >= 0.3 is 0 Å². The van der Waals surface area contributed by atoms with E-state index < -0.39 is 0 Å². The molecule has 0 aliphatic heterocycles. The smallest absolute Gasteiger partial charge is 0.149 e. The van der Waals surface area contributed by atoms with E-state index in [0.29, 0.717) is 11.7 Å². The molecular weight excluding hydrogens is 150 g/mol. The summed E-state index contributed by atoms with van der Waals surface area (Å²) >= 11 is 0. The highest BCUT2D eigenvalue weighted by atomic mass is 16.1. The topological polar surface area (TPSA) is 43.1 Å². The molecule has 12 heavy (non-hydrogen) atoms. The van der Waals surface area contributed by atoms with Crippen LogP contribution in [0.2, 0.25) is 0 Å². The zero-order valence-electron chi connectivity index (χ0n) is 7.46. The van der Waals surface area contributed by atoms with Gasteiger partial charge in [-0.25, -0.2) is 0 Å². The predicted octanol–water partition coefficient (Wildman–Crippen LogP) is 1.48. The van der Waals surface area contributed by atoms with Crippen LogP contribution in [0.25, 0.3) is 0 Å². The molecule has 2 heteroatoms. The summed E-state index contributed by atoms with van der Waals surface area (Å²) in [6.45, 7) is 0. The summed E-state index contributed by atoms with van der Waals surface area (Å²) in [6.07, 6.45) is 6.98. The van der Waals surface area contributed by atoms with Crippen LogP contribution in [-0.2, 0) is 4.79 Å². The molecule has 2 saturated carbocycles. The molecule has 2 aliphatic rings. The molecule has 0 saturated heterocycles. The first kappa shape index (κ1) is 8.24. The quantitative estimate of drug-likeness (QED) is 0.594. The van der Waals surface area contributed by atoms with Crippen molar-refractivity contribution in [2.45, 2.75) is 44.6 Å². The van der Waals surface area contributed by atoms with Gasteiger partial charge in [0.2, 0.25) is 0 Å². The summed E-state index contributed by atoms with van der Waals surface area (Å²) in [6, 6.07) is -0.135. The normalized spacial score (nSPS) is 42.4. The van der Waals surface area contributed by atoms with E-state index in [2.05, 4.69) is 0 Å². The van der Waals surface area contributed by atoms with Crippen molar-refractivity contribution in [3.63, 3.8) is 0 Å². The van der Waals surface area contributed by atoms with Gasteiger partial charge in [-0.05, 0) is 24.7 Å². The van der Waals surface area contributed by atoms with Crippen molar-refractivity contribution in [3.8, 4) is 0 Å². The van der Waals surface area contributed by atoms with E-state index in [-0.39, 0.29) is 6.04 Å². The fourth-order valence-corrected chi connectivity index (χ4v) is 2.73. The van der Waals surface area contributed by atoms with Gasteiger partial charge in [-0.1, -0.05) is 19.3 Å². The maximum absolute atomic E-state index is 11.3. The van der Waals surface area contributed by atoms with Crippen molar-refractivity contribution in [2.24, 2.45) is 17.6 Å². The highest BCUT2D eigenvalue weighted by molar-refractivity contribution is 5.84. The molecule has 0 bridgehead atoms. The van der Waals surface area contributed by atoms with E-state index in [1.807, 2.05) is 0 Å². The Morgan fingerprint density at radius 2 is 1.83 bits per heavy atom. The van der Waals surface area contributed by atoms with Gasteiger partial charge in [-0.3, -0.25) is 4.79 Å². The van der Waals surface area contributed by atoms with Gasteiger partial charge in [0.25, 0.3) is 0 Å².